The fraction of sp³-hybridized carbons (Fsp3) is 0.444. The van der Waals surface area contributed by atoms with Gasteiger partial charge in [-0.2, -0.15) is 0 Å². The molecular weight excluding hydrogens is 310 g/mol. The van der Waals surface area contributed by atoms with E-state index in [0.29, 0.717) is 24.3 Å². The van der Waals surface area contributed by atoms with Crippen LogP contribution in [0, 0.1) is 11.8 Å². The summed E-state index contributed by atoms with van der Waals surface area (Å²) < 4.78 is 10.5. The number of ether oxygens (including phenoxy) is 2. The average molecular weight is 333 g/mol. The molecule has 0 heterocycles. The highest BCUT2D eigenvalue weighted by Crippen LogP contribution is 2.31. The molecule has 0 aliphatic heterocycles. The van der Waals surface area contributed by atoms with Crippen molar-refractivity contribution in [3.8, 4) is 11.5 Å². The van der Waals surface area contributed by atoms with Crippen molar-refractivity contribution in [2.24, 2.45) is 11.8 Å². The van der Waals surface area contributed by atoms with E-state index >= 15 is 0 Å². The number of nitrogens with one attached hydrogen (secondary N) is 1. The molecule has 1 aromatic carbocycles. The molecule has 6 heteroatoms. The highest BCUT2D eigenvalue weighted by molar-refractivity contribution is 5.85. The Hall–Kier alpha value is -2.50. The highest BCUT2D eigenvalue weighted by atomic mass is 16.5. The first-order valence-corrected chi connectivity index (χ1v) is 7.88. The smallest absolute Gasteiger partial charge is 0.307 e. The summed E-state index contributed by atoms with van der Waals surface area (Å²) in [4.78, 5) is 23.9. The number of aliphatic carboxylic acids is 1. The van der Waals surface area contributed by atoms with E-state index in [1.165, 1.54) is 0 Å². The molecule has 1 aromatic rings. The number of rotatable bonds is 6. The van der Waals surface area contributed by atoms with Gasteiger partial charge in [0.25, 0.3) is 0 Å². The summed E-state index contributed by atoms with van der Waals surface area (Å²) >= 11 is 0. The van der Waals surface area contributed by atoms with E-state index in [1.807, 2.05) is 25.1 Å². The number of carboxylic acids is 1. The summed E-state index contributed by atoms with van der Waals surface area (Å²) in [5, 5.41) is 12.2. The van der Waals surface area contributed by atoms with Crippen molar-refractivity contribution in [1.29, 1.82) is 0 Å². The van der Waals surface area contributed by atoms with Crippen molar-refractivity contribution < 1.29 is 24.2 Å². The van der Waals surface area contributed by atoms with Gasteiger partial charge in [-0.15, -0.1) is 0 Å². The van der Waals surface area contributed by atoms with Crippen LogP contribution in [0.2, 0.25) is 0 Å². The third-order valence-corrected chi connectivity index (χ3v) is 4.35. The van der Waals surface area contributed by atoms with E-state index in [0.717, 1.165) is 5.56 Å². The summed E-state index contributed by atoms with van der Waals surface area (Å²) in [6, 6.07) is 5.07. The van der Waals surface area contributed by atoms with E-state index in [2.05, 4.69) is 5.32 Å². The standard InChI is InChI=1S/C18H23NO5/c1-11(13-9-8-12(23-2)10-16(13)24-3)19-17(20)14-6-4-5-7-15(14)18(21)22/h4-5,8-11,14-15H,6-7H2,1-3H3,(H,19,20)(H,21,22)/t11-,14-,15+/m0/s1. The highest BCUT2D eigenvalue weighted by Gasteiger charge is 2.34. The maximum Gasteiger partial charge on any atom is 0.307 e. The number of hydrogen-bond acceptors (Lipinski definition) is 4. The molecule has 24 heavy (non-hydrogen) atoms. The third kappa shape index (κ3) is 3.88. The quantitative estimate of drug-likeness (QED) is 0.782. The van der Waals surface area contributed by atoms with Gasteiger partial charge in [0.2, 0.25) is 5.91 Å². The van der Waals surface area contributed by atoms with Crippen LogP contribution in [0.5, 0.6) is 11.5 Å². The van der Waals surface area contributed by atoms with Gasteiger partial charge < -0.3 is 19.9 Å². The van der Waals surface area contributed by atoms with Crippen LogP contribution in [0.15, 0.2) is 30.4 Å². The summed E-state index contributed by atoms with van der Waals surface area (Å²) in [7, 11) is 3.13. The molecule has 0 saturated carbocycles. The fourth-order valence-electron chi connectivity index (χ4n) is 2.95. The topological polar surface area (TPSA) is 84.9 Å². The summed E-state index contributed by atoms with van der Waals surface area (Å²) in [5.41, 5.74) is 0.810. The molecule has 0 spiro atoms. The second-order valence-corrected chi connectivity index (χ2v) is 5.83. The molecular formula is C18H23NO5. The van der Waals surface area contributed by atoms with E-state index in [1.54, 1.807) is 26.4 Å². The fourth-order valence-corrected chi connectivity index (χ4v) is 2.95. The van der Waals surface area contributed by atoms with E-state index < -0.39 is 17.8 Å². The van der Waals surface area contributed by atoms with Crippen molar-refractivity contribution in [3.63, 3.8) is 0 Å². The molecule has 1 aliphatic carbocycles. The second-order valence-electron chi connectivity index (χ2n) is 5.83. The van der Waals surface area contributed by atoms with E-state index in [-0.39, 0.29) is 11.9 Å². The predicted molar refractivity (Wildman–Crippen MR) is 89.1 cm³/mol. The van der Waals surface area contributed by atoms with Crippen LogP contribution in [0.4, 0.5) is 0 Å². The summed E-state index contributed by atoms with van der Waals surface area (Å²) in [5.74, 6) is -1.15. The van der Waals surface area contributed by atoms with E-state index in [4.69, 9.17) is 9.47 Å². The Bertz CT molecular complexity index is 640. The molecule has 0 aromatic heterocycles. The van der Waals surface area contributed by atoms with Crippen molar-refractivity contribution in [2.75, 3.05) is 14.2 Å². The van der Waals surface area contributed by atoms with Crippen LogP contribution in [-0.2, 0) is 9.59 Å². The molecule has 0 radical (unpaired) electrons. The average Bonchev–Trinajstić information content (AvgIpc) is 2.60. The SMILES string of the molecule is COc1ccc([C@H](C)NC(=O)[C@H]2CC=CC[C@H]2C(=O)O)c(OC)c1. The van der Waals surface area contributed by atoms with Crippen LogP contribution >= 0.6 is 0 Å². The van der Waals surface area contributed by atoms with Gasteiger partial charge in [-0.1, -0.05) is 12.2 Å². The van der Waals surface area contributed by atoms with Gasteiger partial charge in [-0.25, -0.2) is 0 Å². The molecule has 130 valence electrons. The van der Waals surface area contributed by atoms with Crippen LogP contribution < -0.4 is 14.8 Å². The maximum absolute atomic E-state index is 12.5. The molecule has 3 atom stereocenters. The Balaban J connectivity index is 2.14. The normalized spacial score (nSPS) is 21.0. The zero-order valence-corrected chi connectivity index (χ0v) is 14.1. The molecule has 2 rings (SSSR count). The zero-order chi connectivity index (χ0) is 17.7. The summed E-state index contributed by atoms with van der Waals surface area (Å²) in [6.07, 6.45) is 4.50. The first-order chi connectivity index (χ1) is 11.5. The number of allylic oxidation sites excluding steroid dienone is 2. The molecule has 1 amide bonds. The van der Waals surface area contributed by atoms with Crippen molar-refractivity contribution in [1.82, 2.24) is 5.32 Å². The van der Waals surface area contributed by atoms with Gasteiger partial charge in [-0.3, -0.25) is 9.59 Å². The molecule has 0 saturated heterocycles. The molecule has 0 bridgehead atoms. The van der Waals surface area contributed by atoms with Gasteiger partial charge in [0, 0.05) is 11.6 Å². The number of carboxylic acid groups (broad SMARTS) is 1. The number of methoxy groups -OCH3 is 2. The number of carbonyl (C=O) groups excluding carboxylic acids is 1. The number of hydrogen-bond donors (Lipinski definition) is 2. The molecule has 0 fully saturated rings. The Morgan fingerprint density at radius 2 is 1.83 bits per heavy atom. The summed E-state index contributed by atoms with van der Waals surface area (Å²) in [6.45, 7) is 1.84. The van der Waals surface area contributed by atoms with Crippen LogP contribution in [-0.4, -0.2) is 31.2 Å². The minimum Gasteiger partial charge on any atom is -0.497 e. The zero-order valence-electron chi connectivity index (χ0n) is 14.1. The van der Waals surface area contributed by atoms with Crippen LogP contribution in [0.25, 0.3) is 0 Å². The van der Waals surface area contributed by atoms with E-state index in [9.17, 15) is 14.7 Å². The number of carbonyl (C=O) groups is 2. The van der Waals surface area contributed by atoms with Gasteiger partial charge in [0.1, 0.15) is 11.5 Å². The van der Waals surface area contributed by atoms with Gasteiger partial charge in [-0.05, 0) is 31.9 Å². The van der Waals surface area contributed by atoms with Gasteiger partial charge in [0.05, 0.1) is 32.1 Å². The molecule has 6 nitrogen and oxygen atoms in total. The minimum absolute atomic E-state index is 0.253. The monoisotopic (exact) mass is 333 g/mol. The van der Waals surface area contributed by atoms with Crippen molar-refractivity contribution in [2.45, 2.75) is 25.8 Å². The Morgan fingerprint density at radius 1 is 1.17 bits per heavy atom. The minimum atomic E-state index is -0.936. The lowest BCUT2D eigenvalue weighted by atomic mass is 9.82. The van der Waals surface area contributed by atoms with Crippen molar-refractivity contribution in [3.05, 3.63) is 35.9 Å². The lowest BCUT2D eigenvalue weighted by molar-refractivity contribution is -0.147. The first kappa shape index (κ1) is 17.8. The lowest BCUT2D eigenvalue weighted by Crippen LogP contribution is -2.39. The predicted octanol–water partition coefficient (Wildman–Crippen LogP) is 2.55. The molecule has 2 N–H and O–H groups in total. The Labute approximate surface area is 141 Å². The van der Waals surface area contributed by atoms with Crippen LogP contribution in [0.3, 0.4) is 0 Å². The second kappa shape index (κ2) is 7.86. The lowest BCUT2D eigenvalue weighted by Gasteiger charge is -2.26. The van der Waals surface area contributed by atoms with Crippen molar-refractivity contribution >= 4 is 11.9 Å². The number of amides is 1. The third-order valence-electron chi connectivity index (χ3n) is 4.35. The van der Waals surface area contributed by atoms with Crippen LogP contribution in [0.1, 0.15) is 31.4 Å². The number of benzene rings is 1. The molecule has 1 aliphatic rings. The largest absolute Gasteiger partial charge is 0.497 e. The molecule has 0 unspecified atom stereocenters. The first-order valence-electron chi connectivity index (χ1n) is 7.88. The Kier molecular flexibility index (Phi) is 5.84. The maximum atomic E-state index is 12.5. The van der Waals surface area contributed by atoms with Gasteiger partial charge in [0.15, 0.2) is 0 Å². The van der Waals surface area contributed by atoms with Gasteiger partial charge >= 0.3 is 5.97 Å². The Morgan fingerprint density at radius 3 is 2.42 bits per heavy atom.